The number of aryl methyl sites for hydroxylation is 1. The number of hydrogen-bond acceptors (Lipinski definition) is 5. The van der Waals surface area contributed by atoms with E-state index in [2.05, 4.69) is 20.4 Å². The van der Waals surface area contributed by atoms with E-state index >= 15 is 0 Å². The van der Waals surface area contributed by atoms with Crippen molar-refractivity contribution in [1.29, 1.82) is 0 Å². The van der Waals surface area contributed by atoms with E-state index in [9.17, 15) is 9.59 Å². The number of amides is 1. The zero-order chi connectivity index (χ0) is 19.6. The summed E-state index contributed by atoms with van der Waals surface area (Å²) in [4.78, 5) is 33.5. The Morgan fingerprint density at radius 1 is 1.26 bits per heavy atom. The molecule has 0 aliphatic carbocycles. The van der Waals surface area contributed by atoms with Gasteiger partial charge >= 0.3 is 0 Å². The number of rotatable bonds is 5. The molecule has 0 atom stereocenters. The summed E-state index contributed by atoms with van der Waals surface area (Å²) in [6.45, 7) is 8.48. The van der Waals surface area contributed by atoms with Crippen LogP contribution in [0.15, 0.2) is 35.5 Å². The molecule has 0 aliphatic rings. The van der Waals surface area contributed by atoms with E-state index in [1.807, 2.05) is 32.9 Å². The van der Waals surface area contributed by atoms with E-state index in [-0.39, 0.29) is 30.0 Å². The highest BCUT2D eigenvalue weighted by Crippen LogP contribution is 2.18. The quantitative estimate of drug-likeness (QED) is 0.740. The zero-order valence-electron chi connectivity index (χ0n) is 16.1. The molecule has 8 nitrogen and oxygen atoms in total. The minimum Gasteiger partial charge on any atom is -0.352 e. The first-order valence-corrected chi connectivity index (χ1v) is 8.88. The minimum absolute atomic E-state index is 0.129. The standard InChI is InChI=1S/C19H24N6O2/c1-13-23-17-15(12-22-25(17)19(2,3)4)18(27)24(13)9-7-16(26)21-11-14-6-5-8-20-10-14/h5-6,8,10,12H,7,9,11H2,1-4H3,(H,21,26). The summed E-state index contributed by atoms with van der Waals surface area (Å²) in [5.41, 5.74) is 1.05. The van der Waals surface area contributed by atoms with E-state index in [0.717, 1.165) is 5.56 Å². The van der Waals surface area contributed by atoms with Crippen molar-refractivity contribution < 1.29 is 4.79 Å². The molecule has 0 bridgehead atoms. The smallest absolute Gasteiger partial charge is 0.264 e. The molecule has 8 heteroatoms. The maximum Gasteiger partial charge on any atom is 0.264 e. The third-order valence-electron chi connectivity index (χ3n) is 4.29. The number of nitrogens with one attached hydrogen (secondary N) is 1. The van der Waals surface area contributed by atoms with Crippen LogP contribution in [0.5, 0.6) is 0 Å². The molecule has 3 aromatic rings. The Morgan fingerprint density at radius 3 is 2.70 bits per heavy atom. The number of carbonyl (C=O) groups is 1. The summed E-state index contributed by atoms with van der Waals surface area (Å²) in [5, 5.41) is 7.63. The monoisotopic (exact) mass is 368 g/mol. The van der Waals surface area contributed by atoms with E-state index in [4.69, 9.17) is 0 Å². The Kier molecular flexibility index (Phi) is 5.07. The number of fused-ring (bicyclic) bond motifs is 1. The van der Waals surface area contributed by atoms with Crippen LogP contribution < -0.4 is 10.9 Å². The Hall–Kier alpha value is -3.03. The van der Waals surface area contributed by atoms with Crippen molar-refractivity contribution in [2.24, 2.45) is 0 Å². The van der Waals surface area contributed by atoms with Crippen molar-refractivity contribution in [3.05, 3.63) is 52.5 Å². The lowest BCUT2D eigenvalue weighted by Crippen LogP contribution is -2.29. The average molecular weight is 368 g/mol. The van der Waals surface area contributed by atoms with Crippen LogP contribution in [0.2, 0.25) is 0 Å². The topological polar surface area (TPSA) is 94.7 Å². The fourth-order valence-corrected chi connectivity index (χ4v) is 2.87. The first-order valence-electron chi connectivity index (χ1n) is 8.88. The van der Waals surface area contributed by atoms with Gasteiger partial charge in [-0.2, -0.15) is 5.10 Å². The molecule has 0 saturated carbocycles. The molecule has 3 rings (SSSR count). The highest BCUT2D eigenvalue weighted by Gasteiger charge is 2.21. The summed E-state index contributed by atoms with van der Waals surface area (Å²) in [6, 6.07) is 3.72. The molecule has 0 fully saturated rings. The van der Waals surface area contributed by atoms with Crippen molar-refractivity contribution in [2.75, 3.05) is 0 Å². The first-order chi connectivity index (χ1) is 12.8. The van der Waals surface area contributed by atoms with Gasteiger partial charge < -0.3 is 5.32 Å². The van der Waals surface area contributed by atoms with E-state index in [1.54, 1.807) is 30.2 Å². The molecule has 27 heavy (non-hydrogen) atoms. The molecule has 0 unspecified atom stereocenters. The summed E-state index contributed by atoms with van der Waals surface area (Å²) in [5.74, 6) is 0.439. The summed E-state index contributed by atoms with van der Waals surface area (Å²) >= 11 is 0. The highest BCUT2D eigenvalue weighted by molar-refractivity contribution is 5.76. The van der Waals surface area contributed by atoms with Gasteiger partial charge in [0.1, 0.15) is 11.2 Å². The van der Waals surface area contributed by atoms with Crippen molar-refractivity contribution in [3.63, 3.8) is 0 Å². The predicted octanol–water partition coefficient (Wildman–Crippen LogP) is 1.76. The zero-order valence-corrected chi connectivity index (χ0v) is 16.1. The molecular formula is C19H24N6O2. The molecular weight excluding hydrogens is 344 g/mol. The molecule has 1 amide bonds. The molecule has 0 aromatic carbocycles. The summed E-state index contributed by atoms with van der Waals surface area (Å²) in [6.07, 6.45) is 5.14. The van der Waals surface area contributed by atoms with Gasteiger partial charge in [-0.15, -0.1) is 0 Å². The van der Waals surface area contributed by atoms with Crippen LogP contribution in [0, 0.1) is 6.92 Å². The predicted molar refractivity (Wildman–Crippen MR) is 102 cm³/mol. The van der Waals surface area contributed by atoms with Gasteiger partial charge in [-0.1, -0.05) is 6.07 Å². The van der Waals surface area contributed by atoms with Crippen LogP contribution >= 0.6 is 0 Å². The van der Waals surface area contributed by atoms with Gasteiger partial charge in [0, 0.05) is 31.9 Å². The lowest BCUT2D eigenvalue weighted by Gasteiger charge is -2.20. The molecule has 0 saturated heterocycles. The van der Waals surface area contributed by atoms with E-state index in [1.165, 1.54) is 4.57 Å². The molecule has 1 N–H and O–H groups in total. The molecule has 3 heterocycles. The van der Waals surface area contributed by atoms with Crippen molar-refractivity contribution in [1.82, 2.24) is 29.6 Å². The largest absolute Gasteiger partial charge is 0.352 e. The average Bonchev–Trinajstić information content (AvgIpc) is 3.05. The number of pyridine rings is 1. The molecule has 0 spiro atoms. The van der Waals surface area contributed by atoms with Gasteiger partial charge in [0.15, 0.2) is 5.65 Å². The second kappa shape index (κ2) is 7.30. The second-order valence-corrected chi connectivity index (χ2v) is 7.47. The Morgan fingerprint density at radius 2 is 2.04 bits per heavy atom. The van der Waals surface area contributed by atoms with Crippen LogP contribution in [-0.2, 0) is 23.4 Å². The van der Waals surface area contributed by atoms with Crippen LogP contribution in [0.1, 0.15) is 38.6 Å². The third-order valence-corrected chi connectivity index (χ3v) is 4.29. The molecule has 0 radical (unpaired) electrons. The van der Waals surface area contributed by atoms with Crippen LogP contribution in [0.3, 0.4) is 0 Å². The fourth-order valence-electron chi connectivity index (χ4n) is 2.87. The van der Waals surface area contributed by atoms with Gasteiger partial charge in [-0.25, -0.2) is 9.67 Å². The van der Waals surface area contributed by atoms with Crippen LogP contribution in [0.25, 0.3) is 11.0 Å². The summed E-state index contributed by atoms with van der Waals surface area (Å²) < 4.78 is 3.28. The van der Waals surface area contributed by atoms with Crippen molar-refractivity contribution >= 4 is 16.9 Å². The number of carbonyl (C=O) groups excluding carboxylic acids is 1. The highest BCUT2D eigenvalue weighted by atomic mass is 16.1. The second-order valence-electron chi connectivity index (χ2n) is 7.47. The van der Waals surface area contributed by atoms with Gasteiger partial charge in [0.2, 0.25) is 5.91 Å². The molecule has 142 valence electrons. The van der Waals surface area contributed by atoms with E-state index in [0.29, 0.717) is 23.4 Å². The van der Waals surface area contributed by atoms with Crippen LogP contribution in [-0.4, -0.2) is 30.2 Å². The van der Waals surface area contributed by atoms with Crippen molar-refractivity contribution in [2.45, 2.75) is 52.7 Å². The molecule has 0 aliphatic heterocycles. The maximum absolute atomic E-state index is 12.8. The Labute approximate surface area is 157 Å². The normalized spacial score (nSPS) is 11.7. The number of aromatic nitrogens is 5. The third kappa shape index (κ3) is 4.05. The SMILES string of the molecule is Cc1nc2c(cnn2C(C)(C)C)c(=O)n1CCC(=O)NCc1cccnc1. The van der Waals surface area contributed by atoms with Gasteiger partial charge in [0.25, 0.3) is 5.56 Å². The fraction of sp³-hybridized carbons (Fsp3) is 0.421. The van der Waals surface area contributed by atoms with Gasteiger partial charge in [0.05, 0.1) is 11.7 Å². The number of nitrogens with zero attached hydrogens (tertiary/aromatic N) is 5. The van der Waals surface area contributed by atoms with Gasteiger partial charge in [-0.3, -0.25) is 19.1 Å². The summed E-state index contributed by atoms with van der Waals surface area (Å²) in [7, 11) is 0. The first kappa shape index (κ1) is 18.8. The maximum atomic E-state index is 12.8. The Balaban J connectivity index is 1.73. The lowest BCUT2D eigenvalue weighted by molar-refractivity contribution is -0.121. The number of hydrogen-bond donors (Lipinski definition) is 1. The van der Waals surface area contributed by atoms with Gasteiger partial charge in [-0.05, 0) is 39.3 Å². The van der Waals surface area contributed by atoms with Crippen molar-refractivity contribution in [3.8, 4) is 0 Å². The Bertz CT molecular complexity index is 1010. The molecule has 3 aromatic heterocycles. The van der Waals surface area contributed by atoms with Crippen LogP contribution in [0.4, 0.5) is 0 Å². The minimum atomic E-state index is -0.272. The lowest BCUT2D eigenvalue weighted by atomic mass is 10.1. The van der Waals surface area contributed by atoms with E-state index < -0.39 is 0 Å².